The molecule has 0 aromatic heterocycles. The van der Waals surface area contributed by atoms with Gasteiger partial charge in [0.1, 0.15) is 17.3 Å². The molecule has 0 bridgehead atoms. The van der Waals surface area contributed by atoms with E-state index in [9.17, 15) is 4.39 Å². The van der Waals surface area contributed by atoms with E-state index < -0.39 is 0 Å². The first-order valence-electron chi connectivity index (χ1n) is 7.08. The molecule has 0 radical (unpaired) electrons. The molecular formula is C17H17ClFNO. The van der Waals surface area contributed by atoms with Gasteiger partial charge >= 0.3 is 0 Å². The molecule has 1 N–H and O–H groups in total. The van der Waals surface area contributed by atoms with Crippen LogP contribution in [-0.4, -0.2) is 6.04 Å². The Morgan fingerprint density at radius 1 is 1.24 bits per heavy atom. The maximum atomic E-state index is 14.1. The second kappa shape index (κ2) is 6.04. The maximum absolute atomic E-state index is 14.1. The Hall–Kier alpha value is -1.58. The molecule has 0 amide bonds. The van der Waals surface area contributed by atoms with E-state index >= 15 is 0 Å². The summed E-state index contributed by atoms with van der Waals surface area (Å²) < 4.78 is 19.9. The van der Waals surface area contributed by atoms with Crippen molar-refractivity contribution in [1.82, 2.24) is 5.32 Å². The third kappa shape index (κ3) is 3.55. The van der Waals surface area contributed by atoms with Crippen molar-refractivity contribution in [2.24, 2.45) is 0 Å². The summed E-state index contributed by atoms with van der Waals surface area (Å²) in [6.45, 7) is 2.42. The number of ether oxygens (including phenoxy) is 1. The van der Waals surface area contributed by atoms with Crippen molar-refractivity contribution >= 4 is 11.6 Å². The van der Waals surface area contributed by atoms with Crippen LogP contribution in [0.1, 0.15) is 24.0 Å². The normalized spacial score (nSPS) is 14.2. The Balaban J connectivity index is 1.86. The fraction of sp³-hybridized carbons (Fsp3) is 0.294. The zero-order valence-electron chi connectivity index (χ0n) is 11.8. The molecule has 4 heteroatoms. The highest BCUT2D eigenvalue weighted by molar-refractivity contribution is 6.30. The van der Waals surface area contributed by atoms with E-state index in [1.165, 1.54) is 6.07 Å². The summed E-state index contributed by atoms with van der Waals surface area (Å²) in [6, 6.07) is 10.9. The minimum Gasteiger partial charge on any atom is -0.457 e. The molecule has 0 heterocycles. The molecule has 1 aliphatic rings. The molecule has 21 heavy (non-hydrogen) atoms. The summed E-state index contributed by atoms with van der Waals surface area (Å²) in [5.41, 5.74) is 1.52. The fourth-order valence-electron chi connectivity index (χ4n) is 2.14. The first kappa shape index (κ1) is 14.4. The molecule has 2 aromatic carbocycles. The summed E-state index contributed by atoms with van der Waals surface area (Å²) in [6.07, 6.45) is 2.33. The predicted molar refractivity (Wildman–Crippen MR) is 82.5 cm³/mol. The van der Waals surface area contributed by atoms with Crippen LogP contribution in [0.3, 0.4) is 0 Å². The molecule has 1 saturated carbocycles. The van der Waals surface area contributed by atoms with Gasteiger partial charge in [-0.15, -0.1) is 0 Å². The number of benzene rings is 2. The smallest absolute Gasteiger partial charge is 0.134 e. The van der Waals surface area contributed by atoms with Crippen molar-refractivity contribution in [3.63, 3.8) is 0 Å². The van der Waals surface area contributed by atoms with E-state index in [1.807, 2.05) is 19.1 Å². The second-order valence-corrected chi connectivity index (χ2v) is 5.82. The summed E-state index contributed by atoms with van der Waals surface area (Å²) in [5, 5.41) is 3.92. The van der Waals surface area contributed by atoms with Crippen LogP contribution in [0, 0.1) is 12.7 Å². The van der Waals surface area contributed by atoms with Gasteiger partial charge in [-0.2, -0.15) is 0 Å². The SMILES string of the molecule is Cc1ccc(Cl)cc1Oc1cccc(F)c1CNC1CC1. The standard InChI is InChI=1S/C17H17ClFNO/c1-11-5-6-12(18)9-17(11)21-16-4-2-3-15(19)14(16)10-20-13-7-8-13/h2-6,9,13,20H,7-8,10H2,1H3. The van der Waals surface area contributed by atoms with E-state index in [-0.39, 0.29) is 5.82 Å². The Labute approximate surface area is 128 Å². The average Bonchev–Trinajstić information content (AvgIpc) is 3.26. The van der Waals surface area contributed by atoms with Crippen molar-refractivity contribution < 1.29 is 9.13 Å². The molecule has 3 rings (SSSR count). The highest BCUT2D eigenvalue weighted by Gasteiger charge is 2.21. The van der Waals surface area contributed by atoms with Gasteiger partial charge < -0.3 is 10.1 Å². The highest BCUT2D eigenvalue weighted by Crippen LogP contribution is 2.31. The molecule has 110 valence electrons. The maximum Gasteiger partial charge on any atom is 0.134 e. The predicted octanol–water partition coefficient (Wildman–Crippen LogP) is 4.83. The van der Waals surface area contributed by atoms with Crippen LogP contribution in [0.25, 0.3) is 0 Å². The van der Waals surface area contributed by atoms with Gasteiger partial charge in [-0.1, -0.05) is 23.7 Å². The van der Waals surface area contributed by atoms with Gasteiger partial charge in [0.05, 0.1) is 0 Å². The Bertz CT molecular complexity index is 655. The minimum absolute atomic E-state index is 0.250. The van der Waals surface area contributed by atoms with Crippen LogP contribution in [0.4, 0.5) is 4.39 Å². The largest absolute Gasteiger partial charge is 0.457 e. The minimum atomic E-state index is -0.250. The van der Waals surface area contributed by atoms with Crippen LogP contribution >= 0.6 is 11.6 Å². The van der Waals surface area contributed by atoms with Gasteiger partial charge in [0, 0.05) is 23.2 Å². The number of rotatable bonds is 5. The van der Waals surface area contributed by atoms with Crippen molar-refractivity contribution in [1.29, 1.82) is 0 Å². The van der Waals surface area contributed by atoms with Gasteiger partial charge in [0.25, 0.3) is 0 Å². The molecule has 1 fully saturated rings. The van der Waals surface area contributed by atoms with Crippen LogP contribution in [-0.2, 0) is 6.54 Å². The zero-order chi connectivity index (χ0) is 14.8. The molecule has 0 aliphatic heterocycles. The van der Waals surface area contributed by atoms with E-state index in [4.69, 9.17) is 16.3 Å². The number of aryl methyl sites for hydroxylation is 1. The molecule has 0 spiro atoms. The molecule has 2 nitrogen and oxygen atoms in total. The van der Waals surface area contributed by atoms with E-state index in [0.29, 0.717) is 34.7 Å². The Morgan fingerprint density at radius 3 is 2.81 bits per heavy atom. The third-order valence-corrected chi connectivity index (χ3v) is 3.83. The summed E-state index contributed by atoms with van der Waals surface area (Å²) >= 11 is 6.00. The summed E-state index contributed by atoms with van der Waals surface area (Å²) in [4.78, 5) is 0. The second-order valence-electron chi connectivity index (χ2n) is 5.38. The third-order valence-electron chi connectivity index (χ3n) is 3.59. The molecule has 0 atom stereocenters. The summed E-state index contributed by atoms with van der Waals surface area (Å²) in [7, 11) is 0. The monoisotopic (exact) mass is 305 g/mol. The molecule has 1 aliphatic carbocycles. The first-order chi connectivity index (χ1) is 10.1. The van der Waals surface area contributed by atoms with Crippen LogP contribution in [0.5, 0.6) is 11.5 Å². The van der Waals surface area contributed by atoms with Gasteiger partial charge in [-0.25, -0.2) is 4.39 Å². The van der Waals surface area contributed by atoms with Crippen molar-refractivity contribution in [3.8, 4) is 11.5 Å². The van der Waals surface area contributed by atoms with Crippen LogP contribution in [0.15, 0.2) is 36.4 Å². The number of hydrogen-bond acceptors (Lipinski definition) is 2. The number of nitrogens with one attached hydrogen (secondary N) is 1. The van der Waals surface area contributed by atoms with E-state index in [2.05, 4.69) is 5.32 Å². The topological polar surface area (TPSA) is 21.3 Å². The lowest BCUT2D eigenvalue weighted by atomic mass is 10.1. The zero-order valence-corrected chi connectivity index (χ0v) is 12.6. The Kier molecular flexibility index (Phi) is 4.13. The lowest BCUT2D eigenvalue weighted by Gasteiger charge is -2.14. The van der Waals surface area contributed by atoms with Crippen LogP contribution < -0.4 is 10.1 Å². The van der Waals surface area contributed by atoms with Crippen molar-refractivity contribution in [3.05, 3.63) is 58.4 Å². The van der Waals surface area contributed by atoms with Crippen molar-refractivity contribution in [2.45, 2.75) is 32.4 Å². The van der Waals surface area contributed by atoms with Gasteiger partial charge in [0.2, 0.25) is 0 Å². The summed E-state index contributed by atoms with van der Waals surface area (Å²) in [5.74, 6) is 0.939. The van der Waals surface area contributed by atoms with E-state index in [0.717, 1.165) is 18.4 Å². The number of hydrogen-bond donors (Lipinski definition) is 1. The quantitative estimate of drug-likeness (QED) is 0.854. The first-order valence-corrected chi connectivity index (χ1v) is 7.46. The highest BCUT2D eigenvalue weighted by atomic mass is 35.5. The molecule has 0 unspecified atom stereocenters. The van der Waals surface area contributed by atoms with Gasteiger partial charge in [-0.3, -0.25) is 0 Å². The van der Waals surface area contributed by atoms with Gasteiger partial charge in [-0.05, 0) is 49.6 Å². The molecular weight excluding hydrogens is 289 g/mol. The number of halogens is 2. The lowest BCUT2D eigenvalue weighted by Crippen LogP contribution is -2.16. The van der Waals surface area contributed by atoms with Gasteiger partial charge in [0.15, 0.2) is 0 Å². The fourth-order valence-corrected chi connectivity index (χ4v) is 2.30. The Morgan fingerprint density at radius 2 is 2.05 bits per heavy atom. The molecule has 0 saturated heterocycles. The van der Waals surface area contributed by atoms with E-state index in [1.54, 1.807) is 18.2 Å². The average molecular weight is 306 g/mol. The molecule has 2 aromatic rings. The van der Waals surface area contributed by atoms with Crippen molar-refractivity contribution in [2.75, 3.05) is 0 Å². The van der Waals surface area contributed by atoms with Crippen LogP contribution in [0.2, 0.25) is 5.02 Å². The lowest BCUT2D eigenvalue weighted by molar-refractivity contribution is 0.458.